The number of carbonyl (C=O) groups excluding carboxylic acids is 1. The standard InChI is InChI=1S/C13H18FNO2/c1-2-7-15-8-9-17-13(16)10-11-3-5-12(14)6-4-11/h3-6,15H,2,7-10H2,1H3. The molecule has 0 radical (unpaired) electrons. The van der Waals surface area contributed by atoms with Gasteiger partial charge in [0.05, 0.1) is 6.42 Å². The van der Waals surface area contributed by atoms with Gasteiger partial charge in [-0.25, -0.2) is 4.39 Å². The lowest BCUT2D eigenvalue weighted by Gasteiger charge is -2.05. The maximum atomic E-state index is 12.6. The lowest BCUT2D eigenvalue weighted by atomic mass is 10.1. The summed E-state index contributed by atoms with van der Waals surface area (Å²) in [7, 11) is 0. The summed E-state index contributed by atoms with van der Waals surface area (Å²) in [6.07, 6.45) is 1.25. The highest BCUT2D eigenvalue weighted by molar-refractivity contribution is 5.72. The van der Waals surface area contributed by atoms with Gasteiger partial charge in [0, 0.05) is 6.54 Å². The molecular formula is C13H18FNO2. The van der Waals surface area contributed by atoms with E-state index in [9.17, 15) is 9.18 Å². The summed E-state index contributed by atoms with van der Waals surface area (Å²) < 4.78 is 17.6. The van der Waals surface area contributed by atoms with Crippen LogP contribution in [0.2, 0.25) is 0 Å². The van der Waals surface area contributed by atoms with Gasteiger partial charge >= 0.3 is 5.97 Å². The van der Waals surface area contributed by atoms with Crippen molar-refractivity contribution in [3.8, 4) is 0 Å². The van der Waals surface area contributed by atoms with Crippen LogP contribution in [0.5, 0.6) is 0 Å². The lowest BCUT2D eigenvalue weighted by Crippen LogP contribution is -2.22. The Morgan fingerprint density at radius 2 is 2.00 bits per heavy atom. The van der Waals surface area contributed by atoms with Crippen molar-refractivity contribution >= 4 is 5.97 Å². The Morgan fingerprint density at radius 1 is 1.29 bits per heavy atom. The molecule has 0 saturated heterocycles. The molecule has 0 bridgehead atoms. The van der Waals surface area contributed by atoms with Gasteiger partial charge in [-0.2, -0.15) is 0 Å². The van der Waals surface area contributed by atoms with E-state index in [4.69, 9.17) is 4.74 Å². The molecule has 3 nitrogen and oxygen atoms in total. The minimum atomic E-state index is -0.300. The van der Waals surface area contributed by atoms with E-state index in [1.54, 1.807) is 12.1 Å². The van der Waals surface area contributed by atoms with Crippen LogP contribution in [0.15, 0.2) is 24.3 Å². The van der Waals surface area contributed by atoms with Gasteiger partial charge in [-0.3, -0.25) is 4.79 Å². The number of hydrogen-bond acceptors (Lipinski definition) is 3. The van der Waals surface area contributed by atoms with Gasteiger partial charge in [0.15, 0.2) is 0 Å². The molecule has 0 heterocycles. The Morgan fingerprint density at radius 3 is 2.65 bits per heavy atom. The summed E-state index contributed by atoms with van der Waals surface area (Å²) in [4.78, 5) is 11.4. The number of carbonyl (C=O) groups is 1. The van der Waals surface area contributed by atoms with E-state index < -0.39 is 0 Å². The molecule has 94 valence electrons. The van der Waals surface area contributed by atoms with E-state index in [2.05, 4.69) is 12.2 Å². The molecule has 0 aromatic heterocycles. The molecule has 0 saturated carbocycles. The van der Waals surface area contributed by atoms with Gasteiger partial charge in [0.25, 0.3) is 0 Å². The third kappa shape index (κ3) is 6.02. The van der Waals surface area contributed by atoms with Crippen LogP contribution in [0.4, 0.5) is 4.39 Å². The SMILES string of the molecule is CCCNCCOC(=O)Cc1ccc(F)cc1. The summed E-state index contributed by atoms with van der Waals surface area (Å²) >= 11 is 0. The number of ether oxygens (including phenoxy) is 1. The topological polar surface area (TPSA) is 38.3 Å². The highest BCUT2D eigenvalue weighted by atomic mass is 19.1. The first kappa shape index (κ1) is 13.6. The minimum absolute atomic E-state index is 0.189. The zero-order chi connectivity index (χ0) is 12.5. The Bertz CT molecular complexity index is 338. The van der Waals surface area contributed by atoms with E-state index in [1.807, 2.05) is 0 Å². The average Bonchev–Trinajstić information content (AvgIpc) is 2.32. The second-order valence-electron chi connectivity index (χ2n) is 3.77. The molecular weight excluding hydrogens is 221 g/mol. The Hall–Kier alpha value is -1.42. The summed E-state index contributed by atoms with van der Waals surface area (Å²) in [5.41, 5.74) is 0.762. The number of hydrogen-bond donors (Lipinski definition) is 1. The monoisotopic (exact) mass is 239 g/mol. The maximum absolute atomic E-state index is 12.6. The Kier molecular flexibility index (Phi) is 6.25. The van der Waals surface area contributed by atoms with Crippen molar-refractivity contribution in [2.75, 3.05) is 19.7 Å². The average molecular weight is 239 g/mol. The minimum Gasteiger partial charge on any atom is -0.464 e. The molecule has 4 heteroatoms. The van der Waals surface area contributed by atoms with Crippen LogP contribution in [-0.2, 0) is 16.0 Å². The fourth-order valence-corrected chi connectivity index (χ4v) is 1.36. The van der Waals surface area contributed by atoms with Crippen LogP contribution in [0.1, 0.15) is 18.9 Å². The summed E-state index contributed by atoms with van der Waals surface area (Å²) in [5, 5.41) is 3.13. The summed E-state index contributed by atoms with van der Waals surface area (Å²) in [6, 6.07) is 5.86. The van der Waals surface area contributed by atoms with Gasteiger partial charge in [0.1, 0.15) is 12.4 Å². The number of esters is 1. The molecule has 1 aromatic rings. The molecule has 0 aliphatic rings. The second kappa shape index (κ2) is 7.79. The van der Waals surface area contributed by atoms with E-state index in [1.165, 1.54) is 12.1 Å². The first-order valence-electron chi connectivity index (χ1n) is 5.83. The van der Waals surface area contributed by atoms with E-state index >= 15 is 0 Å². The first-order chi connectivity index (χ1) is 8.22. The second-order valence-corrected chi connectivity index (χ2v) is 3.77. The molecule has 0 amide bonds. The highest BCUT2D eigenvalue weighted by Gasteiger charge is 2.04. The fraction of sp³-hybridized carbons (Fsp3) is 0.462. The van der Waals surface area contributed by atoms with Crippen LogP contribution >= 0.6 is 0 Å². The van der Waals surface area contributed by atoms with Crippen molar-refractivity contribution < 1.29 is 13.9 Å². The predicted octanol–water partition coefficient (Wildman–Crippen LogP) is 1.91. The van der Waals surface area contributed by atoms with Crippen molar-refractivity contribution in [3.63, 3.8) is 0 Å². The van der Waals surface area contributed by atoms with Gasteiger partial charge in [-0.15, -0.1) is 0 Å². The molecule has 0 spiro atoms. The zero-order valence-electron chi connectivity index (χ0n) is 10.0. The summed E-state index contributed by atoms with van der Waals surface area (Å²) in [6.45, 7) is 4.05. The fourth-order valence-electron chi connectivity index (χ4n) is 1.36. The Labute approximate surface area is 101 Å². The van der Waals surface area contributed by atoms with Crippen LogP contribution in [0.25, 0.3) is 0 Å². The van der Waals surface area contributed by atoms with Crippen molar-refractivity contribution in [2.24, 2.45) is 0 Å². The van der Waals surface area contributed by atoms with Gasteiger partial charge in [-0.1, -0.05) is 19.1 Å². The molecule has 0 atom stereocenters. The number of nitrogens with one attached hydrogen (secondary N) is 1. The van der Waals surface area contributed by atoms with Crippen LogP contribution in [0.3, 0.4) is 0 Å². The van der Waals surface area contributed by atoms with Crippen molar-refractivity contribution in [3.05, 3.63) is 35.6 Å². The van der Waals surface area contributed by atoms with Crippen LogP contribution in [0, 0.1) is 5.82 Å². The normalized spacial score (nSPS) is 10.2. The molecule has 1 aromatic carbocycles. The molecule has 0 unspecified atom stereocenters. The Balaban J connectivity index is 2.18. The number of halogens is 1. The molecule has 1 rings (SSSR count). The predicted molar refractivity (Wildman–Crippen MR) is 64.2 cm³/mol. The molecule has 0 aliphatic heterocycles. The van der Waals surface area contributed by atoms with E-state index in [0.717, 1.165) is 18.5 Å². The third-order valence-corrected chi connectivity index (χ3v) is 2.23. The maximum Gasteiger partial charge on any atom is 0.310 e. The van der Waals surface area contributed by atoms with E-state index in [0.29, 0.717) is 13.2 Å². The van der Waals surface area contributed by atoms with Crippen molar-refractivity contribution in [2.45, 2.75) is 19.8 Å². The number of rotatable bonds is 7. The quantitative estimate of drug-likeness (QED) is 0.583. The lowest BCUT2D eigenvalue weighted by molar-refractivity contribution is -0.142. The van der Waals surface area contributed by atoms with Crippen molar-refractivity contribution in [1.82, 2.24) is 5.32 Å². The third-order valence-electron chi connectivity index (χ3n) is 2.23. The number of benzene rings is 1. The molecule has 17 heavy (non-hydrogen) atoms. The smallest absolute Gasteiger partial charge is 0.310 e. The molecule has 0 fully saturated rings. The highest BCUT2D eigenvalue weighted by Crippen LogP contribution is 2.04. The molecule has 0 aliphatic carbocycles. The van der Waals surface area contributed by atoms with Crippen molar-refractivity contribution in [1.29, 1.82) is 0 Å². The van der Waals surface area contributed by atoms with Gasteiger partial charge in [0.2, 0.25) is 0 Å². The van der Waals surface area contributed by atoms with Gasteiger partial charge < -0.3 is 10.1 Å². The zero-order valence-corrected chi connectivity index (χ0v) is 10.0. The van der Waals surface area contributed by atoms with Crippen LogP contribution in [-0.4, -0.2) is 25.7 Å². The summed E-state index contributed by atoms with van der Waals surface area (Å²) in [5.74, 6) is -0.583. The molecule has 1 N–H and O–H groups in total. The van der Waals surface area contributed by atoms with E-state index in [-0.39, 0.29) is 18.2 Å². The van der Waals surface area contributed by atoms with Gasteiger partial charge in [-0.05, 0) is 30.7 Å². The largest absolute Gasteiger partial charge is 0.464 e. The van der Waals surface area contributed by atoms with Crippen LogP contribution < -0.4 is 5.32 Å². The first-order valence-corrected chi connectivity index (χ1v) is 5.83.